The fourth-order valence-corrected chi connectivity index (χ4v) is 3.72. The number of nitrogens with zero attached hydrogens (tertiary/aromatic N) is 1. The number of likely N-dealkylation sites (N-methyl/N-ethyl adjacent to an activating group) is 1. The molecule has 0 saturated heterocycles. The highest BCUT2D eigenvalue weighted by atomic mass is 35.5. The minimum absolute atomic E-state index is 0. The van der Waals surface area contributed by atoms with Crippen molar-refractivity contribution in [1.82, 2.24) is 10.2 Å². The molecule has 0 aromatic carbocycles. The molecule has 1 heterocycles. The number of hydrogen-bond acceptors (Lipinski definition) is 4. The van der Waals surface area contributed by atoms with Gasteiger partial charge in [0, 0.05) is 11.4 Å². The molecule has 3 N–H and O–H groups in total. The van der Waals surface area contributed by atoms with Crippen molar-refractivity contribution in [3.63, 3.8) is 0 Å². The zero-order chi connectivity index (χ0) is 14.6. The normalized spacial score (nSPS) is 18.0. The lowest BCUT2D eigenvalue weighted by Gasteiger charge is -2.33. The Morgan fingerprint density at radius 1 is 1.36 bits per heavy atom. The summed E-state index contributed by atoms with van der Waals surface area (Å²) in [5, 5.41) is 5.13. The monoisotopic (exact) mass is 367 g/mol. The minimum atomic E-state index is -0.648. The van der Waals surface area contributed by atoms with E-state index in [4.69, 9.17) is 5.73 Å². The lowest BCUT2D eigenvalue weighted by Crippen LogP contribution is -2.55. The maximum atomic E-state index is 12.4. The van der Waals surface area contributed by atoms with Gasteiger partial charge in [-0.1, -0.05) is 25.3 Å². The smallest absolute Gasteiger partial charge is 0.240 e. The van der Waals surface area contributed by atoms with Crippen LogP contribution in [-0.2, 0) is 4.79 Å². The van der Waals surface area contributed by atoms with E-state index in [9.17, 15) is 4.79 Å². The number of carbonyl (C=O) groups excluding carboxylic acids is 1. The summed E-state index contributed by atoms with van der Waals surface area (Å²) in [4.78, 5) is 15.8. The third-order valence-corrected chi connectivity index (χ3v) is 5.12. The molecule has 4 nitrogen and oxygen atoms in total. The molecule has 1 fully saturated rings. The van der Waals surface area contributed by atoms with E-state index >= 15 is 0 Å². The van der Waals surface area contributed by atoms with Crippen molar-refractivity contribution < 1.29 is 4.79 Å². The van der Waals surface area contributed by atoms with Gasteiger partial charge < -0.3 is 16.0 Å². The third-order valence-electron chi connectivity index (χ3n) is 4.15. The summed E-state index contributed by atoms with van der Waals surface area (Å²) in [7, 11) is 4.07. The Labute approximate surface area is 149 Å². The third kappa shape index (κ3) is 5.39. The van der Waals surface area contributed by atoms with Gasteiger partial charge in [-0.15, -0.1) is 36.2 Å². The summed E-state index contributed by atoms with van der Waals surface area (Å²) in [5.74, 6) is 0.0145. The maximum absolute atomic E-state index is 12.4. The Morgan fingerprint density at radius 2 is 2.00 bits per heavy atom. The molecule has 0 bridgehead atoms. The van der Waals surface area contributed by atoms with Crippen molar-refractivity contribution in [3.8, 4) is 0 Å². The first kappa shape index (κ1) is 21.7. The number of carbonyl (C=O) groups is 1. The van der Waals surface area contributed by atoms with E-state index in [0.29, 0.717) is 6.54 Å². The molecule has 128 valence electrons. The summed E-state index contributed by atoms with van der Waals surface area (Å²) in [6, 6.07) is 4.37. The summed E-state index contributed by atoms with van der Waals surface area (Å²) in [6.07, 6.45) is 4.94. The molecule has 1 amide bonds. The van der Waals surface area contributed by atoms with Gasteiger partial charge in [-0.2, -0.15) is 0 Å². The highest BCUT2D eigenvalue weighted by Crippen LogP contribution is 2.27. The Hall–Kier alpha value is -0.330. The first-order chi connectivity index (χ1) is 9.53. The van der Waals surface area contributed by atoms with Crippen molar-refractivity contribution in [3.05, 3.63) is 22.4 Å². The van der Waals surface area contributed by atoms with E-state index in [1.54, 1.807) is 11.3 Å². The molecule has 0 aliphatic heterocycles. The van der Waals surface area contributed by atoms with Crippen LogP contribution >= 0.6 is 36.2 Å². The van der Waals surface area contributed by atoms with Gasteiger partial charge in [-0.3, -0.25) is 4.79 Å². The van der Waals surface area contributed by atoms with Gasteiger partial charge in [0.15, 0.2) is 0 Å². The van der Waals surface area contributed by atoms with Crippen molar-refractivity contribution in [2.45, 2.75) is 43.7 Å². The second-order valence-electron chi connectivity index (χ2n) is 5.92. The zero-order valence-electron chi connectivity index (χ0n) is 13.2. The molecule has 1 aromatic heterocycles. The first-order valence-corrected chi connectivity index (χ1v) is 8.18. The van der Waals surface area contributed by atoms with E-state index < -0.39 is 5.54 Å². The highest BCUT2D eigenvalue weighted by Gasteiger charge is 2.35. The second kappa shape index (κ2) is 9.73. The highest BCUT2D eigenvalue weighted by molar-refractivity contribution is 7.10. The number of amides is 1. The van der Waals surface area contributed by atoms with E-state index in [2.05, 4.69) is 21.7 Å². The number of nitrogens with two attached hydrogens (primary N) is 1. The molecule has 7 heteroatoms. The second-order valence-corrected chi connectivity index (χ2v) is 6.90. The SMILES string of the molecule is CN(C)C(CNC(=O)C1(N)CCCCC1)c1cccs1.Cl.Cl. The fourth-order valence-electron chi connectivity index (χ4n) is 2.79. The van der Waals surface area contributed by atoms with E-state index in [1.807, 2.05) is 20.2 Å². The van der Waals surface area contributed by atoms with Gasteiger partial charge in [-0.05, 0) is 38.4 Å². The summed E-state index contributed by atoms with van der Waals surface area (Å²) < 4.78 is 0. The molecule has 0 spiro atoms. The Balaban J connectivity index is 0.00000220. The minimum Gasteiger partial charge on any atom is -0.353 e. The Bertz CT molecular complexity index is 434. The van der Waals surface area contributed by atoms with Gasteiger partial charge in [0.2, 0.25) is 5.91 Å². The van der Waals surface area contributed by atoms with Gasteiger partial charge in [0.25, 0.3) is 0 Å². The average Bonchev–Trinajstić information content (AvgIpc) is 2.93. The Morgan fingerprint density at radius 3 is 2.50 bits per heavy atom. The quantitative estimate of drug-likeness (QED) is 0.840. The number of nitrogens with one attached hydrogen (secondary N) is 1. The molecule has 1 aromatic rings. The molecule has 1 saturated carbocycles. The van der Waals surface area contributed by atoms with Crippen LogP contribution < -0.4 is 11.1 Å². The molecule has 1 atom stereocenters. The average molecular weight is 368 g/mol. The predicted molar refractivity (Wildman–Crippen MR) is 98.3 cm³/mol. The number of thiophene rings is 1. The number of halogens is 2. The van der Waals surface area contributed by atoms with Crippen LogP contribution in [0.2, 0.25) is 0 Å². The first-order valence-electron chi connectivity index (χ1n) is 7.30. The van der Waals surface area contributed by atoms with Gasteiger partial charge in [0.05, 0.1) is 11.6 Å². The molecule has 2 rings (SSSR count). The van der Waals surface area contributed by atoms with Crippen LogP contribution in [0.1, 0.15) is 43.0 Å². The van der Waals surface area contributed by atoms with Gasteiger partial charge >= 0.3 is 0 Å². The molecular weight excluding hydrogens is 341 g/mol. The zero-order valence-corrected chi connectivity index (χ0v) is 15.7. The van der Waals surface area contributed by atoms with Crippen molar-refractivity contribution in [1.29, 1.82) is 0 Å². The number of rotatable bonds is 5. The molecule has 22 heavy (non-hydrogen) atoms. The Kier molecular flexibility index (Phi) is 9.58. The molecule has 1 aliphatic carbocycles. The predicted octanol–water partition coefficient (Wildman–Crippen LogP) is 2.97. The van der Waals surface area contributed by atoms with Crippen LogP contribution in [0.3, 0.4) is 0 Å². The largest absolute Gasteiger partial charge is 0.353 e. The molecule has 1 unspecified atom stereocenters. The van der Waals surface area contributed by atoms with E-state index in [1.165, 1.54) is 11.3 Å². The van der Waals surface area contributed by atoms with Crippen LogP contribution in [0.25, 0.3) is 0 Å². The lowest BCUT2D eigenvalue weighted by molar-refractivity contribution is -0.127. The van der Waals surface area contributed by atoms with Crippen LogP contribution in [0.5, 0.6) is 0 Å². The standard InChI is InChI=1S/C15H25N3OS.2ClH/c1-18(2)12(13-7-6-10-20-13)11-17-14(19)15(16)8-4-3-5-9-15;;/h6-7,10,12H,3-5,8-9,11,16H2,1-2H3,(H,17,19);2*1H. The molecule has 1 aliphatic rings. The van der Waals surface area contributed by atoms with Gasteiger partial charge in [-0.25, -0.2) is 0 Å². The van der Waals surface area contributed by atoms with Crippen molar-refractivity contribution in [2.75, 3.05) is 20.6 Å². The van der Waals surface area contributed by atoms with E-state index in [0.717, 1.165) is 25.7 Å². The summed E-state index contributed by atoms with van der Waals surface area (Å²) >= 11 is 1.72. The van der Waals surface area contributed by atoms with Crippen molar-refractivity contribution >= 4 is 42.1 Å². The van der Waals surface area contributed by atoms with Crippen LogP contribution in [0, 0.1) is 0 Å². The van der Waals surface area contributed by atoms with E-state index in [-0.39, 0.29) is 36.8 Å². The molecular formula is C15H27Cl2N3OS. The van der Waals surface area contributed by atoms with Crippen LogP contribution in [0.15, 0.2) is 17.5 Å². The summed E-state index contributed by atoms with van der Waals surface area (Å²) in [6.45, 7) is 0.616. The lowest BCUT2D eigenvalue weighted by atomic mass is 9.82. The van der Waals surface area contributed by atoms with Gasteiger partial charge in [0.1, 0.15) is 0 Å². The van der Waals surface area contributed by atoms with Crippen LogP contribution in [-0.4, -0.2) is 37.0 Å². The molecule has 0 radical (unpaired) electrons. The summed E-state index contributed by atoms with van der Waals surface area (Å²) in [5.41, 5.74) is 5.61. The van der Waals surface area contributed by atoms with Crippen LogP contribution in [0.4, 0.5) is 0 Å². The topological polar surface area (TPSA) is 58.4 Å². The van der Waals surface area contributed by atoms with Crippen molar-refractivity contribution in [2.24, 2.45) is 5.73 Å². The maximum Gasteiger partial charge on any atom is 0.240 e. The fraction of sp³-hybridized carbons (Fsp3) is 0.667. The number of hydrogen-bond donors (Lipinski definition) is 2.